The largest absolute Gasteiger partial charge is 0.463 e. The third-order valence-corrected chi connectivity index (χ3v) is 9.92. The molecule has 2 aliphatic heterocycles. The smallest absolute Gasteiger partial charge is 0.306 e. The predicted octanol–water partition coefficient (Wildman–Crippen LogP) is 3.82. The molecular formula is C40H53N5O11. The molecule has 4 heterocycles. The van der Waals surface area contributed by atoms with Crippen LogP contribution < -0.4 is 10.2 Å². The van der Waals surface area contributed by atoms with Gasteiger partial charge in [-0.15, -0.1) is 0 Å². The summed E-state index contributed by atoms with van der Waals surface area (Å²) in [7, 11) is 2.07. The van der Waals surface area contributed by atoms with Crippen molar-refractivity contribution in [1.29, 1.82) is 0 Å². The molecule has 304 valence electrons. The van der Waals surface area contributed by atoms with Gasteiger partial charge in [-0.1, -0.05) is 45.9 Å². The summed E-state index contributed by atoms with van der Waals surface area (Å²) in [5.41, 5.74) is 2.68. The lowest BCUT2D eigenvalue weighted by atomic mass is 9.97. The van der Waals surface area contributed by atoms with Crippen LogP contribution in [0.2, 0.25) is 0 Å². The third kappa shape index (κ3) is 10.9. The van der Waals surface area contributed by atoms with E-state index in [1.807, 2.05) is 0 Å². The number of benzene rings is 1. The maximum Gasteiger partial charge on any atom is 0.306 e. The number of nitrogens with one attached hydrogen (secondary N) is 1. The topological polar surface area (TPSA) is 187 Å². The summed E-state index contributed by atoms with van der Waals surface area (Å²) >= 11 is 0. The number of rotatable bonds is 18. The summed E-state index contributed by atoms with van der Waals surface area (Å²) in [6.07, 6.45) is 0.0930. The van der Waals surface area contributed by atoms with E-state index in [0.29, 0.717) is 11.9 Å². The normalized spacial score (nSPS) is 21.4. The van der Waals surface area contributed by atoms with Crippen LogP contribution in [0.15, 0.2) is 42.9 Å². The van der Waals surface area contributed by atoms with Crippen molar-refractivity contribution >= 4 is 46.5 Å². The molecule has 0 unspecified atom stereocenters. The molecule has 5 atom stereocenters. The van der Waals surface area contributed by atoms with Crippen LogP contribution in [0.5, 0.6) is 0 Å². The number of ketones is 1. The number of Topliss-reactive ketones (excluding diaryl/α,β-unsaturated/α-hetero) is 1. The van der Waals surface area contributed by atoms with Gasteiger partial charge < -0.3 is 43.2 Å². The minimum atomic E-state index is -1.48. The van der Waals surface area contributed by atoms with E-state index in [1.165, 1.54) is 28.9 Å². The third-order valence-electron chi connectivity index (χ3n) is 9.92. The van der Waals surface area contributed by atoms with Crippen molar-refractivity contribution in [3.05, 3.63) is 54.0 Å². The second-order valence-electron chi connectivity index (χ2n) is 13.9. The average molecular weight is 780 g/mol. The molecule has 2 aliphatic rings. The number of hydrogen-bond donors (Lipinski definition) is 1. The highest BCUT2D eigenvalue weighted by atomic mass is 16.7. The van der Waals surface area contributed by atoms with Crippen molar-refractivity contribution in [1.82, 2.24) is 19.9 Å². The molecule has 2 aromatic heterocycles. The van der Waals surface area contributed by atoms with E-state index in [1.54, 1.807) is 27.7 Å². The highest BCUT2D eigenvalue weighted by Gasteiger charge is 2.53. The van der Waals surface area contributed by atoms with Crippen LogP contribution in [0.25, 0.3) is 10.9 Å². The Labute approximate surface area is 326 Å². The minimum Gasteiger partial charge on any atom is -0.463 e. The van der Waals surface area contributed by atoms with Crippen LogP contribution in [0.1, 0.15) is 82.1 Å². The van der Waals surface area contributed by atoms with Crippen molar-refractivity contribution in [3.8, 4) is 0 Å². The van der Waals surface area contributed by atoms with Gasteiger partial charge in [0.25, 0.3) is 0 Å². The van der Waals surface area contributed by atoms with Crippen LogP contribution >= 0.6 is 0 Å². The minimum absolute atomic E-state index is 0.0238. The molecule has 2 saturated heterocycles. The van der Waals surface area contributed by atoms with Crippen LogP contribution in [0.4, 0.5) is 5.95 Å². The molecule has 56 heavy (non-hydrogen) atoms. The molecule has 1 aromatic carbocycles. The van der Waals surface area contributed by atoms with E-state index in [2.05, 4.69) is 62.3 Å². The number of esters is 4. The lowest BCUT2D eigenvalue weighted by Crippen LogP contribution is -2.63. The van der Waals surface area contributed by atoms with Gasteiger partial charge in [0.1, 0.15) is 19.3 Å². The standard InChI is InChI=1S/C40H53N5O11/c1-6-32(47)51-24-31-36(54-33(48)7-2)37(55-34(49)8-3)38(56-35(50)9-4)39(53-31)52-23-30(46)26-20-42-40(43-21-26)45-16-14-25(15-17-45)18-41-19-27-22-44(5)29-13-11-10-12-28(27)29/h10-13,20-22,25,31,36-39,41H,6-9,14-19,23-24H2,1-5H3/t31-,36+,37+,38-,39-/m1/s1. The molecule has 0 aliphatic carbocycles. The van der Waals surface area contributed by atoms with Crippen molar-refractivity contribution in [3.63, 3.8) is 0 Å². The second-order valence-corrected chi connectivity index (χ2v) is 13.9. The molecule has 0 saturated carbocycles. The van der Waals surface area contributed by atoms with E-state index in [4.69, 9.17) is 28.4 Å². The first-order valence-electron chi connectivity index (χ1n) is 19.4. The average Bonchev–Trinajstić information content (AvgIpc) is 3.55. The zero-order valence-electron chi connectivity index (χ0n) is 32.8. The molecule has 0 amide bonds. The van der Waals surface area contributed by atoms with Gasteiger partial charge in [-0.05, 0) is 36.9 Å². The highest BCUT2D eigenvalue weighted by Crippen LogP contribution is 2.31. The number of piperidine rings is 1. The van der Waals surface area contributed by atoms with Gasteiger partial charge >= 0.3 is 23.9 Å². The van der Waals surface area contributed by atoms with E-state index >= 15 is 0 Å². The summed E-state index contributed by atoms with van der Waals surface area (Å²) in [5.74, 6) is -2.04. The molecule has 0 bridgehead atoms. The van der Waals surface area contributed by atoms with Gasteiger partial charge in [0.2, 0.25) is 5.95 Å². The summed E-state index contributed by atoms with van der Waals surface area (Å²) in [4.78, 5) is 74.1. The van der Waals surface area contributed by atoms with Crippen LogP contribution in [0.3, 0.4) is 0 Å². The molecule has 0 spiro atoms. The number of para-hydroxylation sites is 1. The van der Waals surface area contributed by atoms with Crippen LogP contribution in [0, 0.1) is 5.92 Å². The maximum atomic E-state index is 13.4. The molecule has 0 radical (unpaired) electrons. The van der Waals surface area contributed by atoms with Gasteiger partial charge in [0.15, 0.2) is 30.4 Å². The lowest BCUT2D eigenvalue weighted by molar-refractivity contribution is -0.306. The Morgan fingerprint density at radius 3 is 2.07 bits per heavy atom. The fourth-order valence-electron chi connectivity index (χ4n) is 6.72. The number of aryl methyl sites for hydroxylation is 1. The number of carbonyl (C=O) groups excluding carboxylic acids is 5. The predicted molar refractivity (Wildman–Crippen MR) is 202 cm³/mol. The molecule has 16 heteroatoms. The molecule has 1 N–H and O–H groups in total. The van der Waals surface area contributed by atoms with E-state index < -0.39 is 73.6 Å². The SMILES string of the molecule is CCC(=O)OC[C@H]1O[C@@H](OCC(=O)c2cnc(N3CCC(CNCc4cn(C)c5ccccc45)CC3)nc2)[C@H](OC(=O)CC)[C@@H](OC(=O)CC)[C@H]1OC(=O)CC. The number of fused-ring (bicyclic) bond motifs is 1. The first-order chi connectivity index (χ1) is 27.0. The molecule has 2 fully saturated rings. The maximum absolute atomic E-state index is 13.4. The van der Waals surface area contributed by atoms with Crippen LogP contribution in [-0.4, -0.2) is 108 Å². The van der Waals surface area contributed by atoms with Crippen molar-refractivity contribution in [2.24, 2.45) is 13.0 Å². The zero-order chi connectivity index (χ0) is 40.2. The number of aromatic nitrogens is 3. The fourth-order valence-corrected chi connectivity index (χ4v) is 6.72. The van der Waals surface area contributed by atoms with Crippen molar-refractivity contribution in [2.45, 2.75) is 103 Å². The summed E-state index contributed by atoms with van der Waals surface area (Å²) in [6.45, 7) is 8.63. The van der Waals surface area contributed by atoms with Gasteiger partial charge in [-0.3, -0.25) is 24.0 Å². The van der Waals surface area contributed by atoms with E-state index in [9.17, 15) is 24.0 Å². The number of hydrogen-bond acceptors (Lipinski definition) is 15. The monoisotopic (exact) mass is 779 g/mol. The summed E-state index contributed by atoms with van der Waals surface area (Å²) in [5, 5.41) is 4.90. The quantitative estimate of drug-likeness (QED) is 0.112. The number of ether oxygens (including phenoxy) is 6. The van der Waals surface area contributed by atoms with Crippen molar-refractivity contribution in [2.75, 3.05) is 37.7 Å². The first-order valence-corrected chi connectivity index (χ1v) is 19.4. The fraction of sp³-hybridized carbons (Fsp3) is 0.575. The Morgan fingerprint density at radius 2 is 1.43 bits per heavy atom. The van der Waals surface area contributed by atoms with E-state index in [-0.39, 0.29) is 31.2 Å². The van der Waals surface area contributed by atoms with Crippen molar-refractivity contribution < 1.29 is 52.4 Å². The molecule has 16 nitrogen and oxygen atoms in total. The Bertz CT molecular complexity index is 1810. The van der Waals surface area contributed by atoms with Gasteiger partial charge in [0.05, 0.1) is 5.56 Å². The lowest BCUT2D eigenvalue weighted by Gasteiger charge is -2.44. The molecule has 5 rings (SSSR count). The zero-order valence-corrected chi connectivity index (χ0v) is 32.8. The highest BCUT2D eigenvalue weighted by molar-refractivity contribution is 5.96. The van der Waals surface area contributed by atoms with Gasteiger partial charge in [-0.2, -0.15) is 0 Å². The first kappa shape index (κ1) is 42.2. The van der Waals surface area contributed by atoms with Crippen LogP contribution in [-0.2, 0) is 61.2 Å². The Morgan fingerprint density at radius 1 is 0.821 bits per heavy atom. The summed E-state index contributed by atoms with van der Waals surface area (Å²) < 4.78 is 36.3. The van der Waals surface area contributed by atoms with Gasteiger partial charge in [-0.25, -0.2) is 9.97 Å². The Balaban J connectivity index is 1.19. The Kier molecular flexibility index (Phi) is 15.3. The second kappa shape index (κ2) is 20.3. The van der Waals surface area contributed by atoms with Gasteiger partial charge in [0, 0.05) is 81.9 Å². The molecular weight excluding hydrogens is 726 g/mol. The molecule has 3 aromatic rings. The summed E-state index contributed by atoms with van der Waals surface area (Å²) in [6, 6.07) is 8.40. The van der Waals surface area contributed by atoms with E-state index in [0.717, 1.165) is 39.0 Å². The number of anilines is 1. The number of carbonyl (C=O) groups is 5. The Hall–Kier alpha value is -4.93. The number of nitrogens with zero attached hydrogens (tertiary/aromatic N) is 4.